The molecular weight excluding hydrogens is 386 g/mol. The number of anilines is 1. The number of carbonyl (C=O) groups excluding carboxylic acids is 1. The van der Waals surface area contributed by atoms with Crippen molar-refractivity contribution in [1.82, 2.24) is 20.3 Å². The molecule has 0 bridgehead atoms. The third-order valence-corrected chi connectivity index (χ3v) is 5.60. The van der Waals surface area contributed by atoms with E-state index in [4.69, 9.17) is 4.98 Å². The maximum atomic E-state index is 13.1. The molecule has 5 rings (SSSR count). The van der Waals surface area contributed by atoms with Crippen LogP contribution in [0.15, 0.2) is 85.5 Å². The molecule has 3 aromatic heterocycles. The zero-order chi connectivity index (χ0) is 21.0. The van der Waals surface area contributed by atoms with Gasteiger partial charge in [-0.15, -0.1) is 0 Å². The Labute approximate surface area is 181 Å². The molecule has 4 aromatic rings. The van der Waals surface area contributed by atoms with Gasteiger partial charge in [0.15, 0.2) is 0 Å². The van der Waals surface area contributed by atoms with Gasteiger partial charge in [0.25, 0.3) is 0 Å². The van der Waals surface area contributed by atoms with Gasteiger partial charge in [-0.1, -0.05) is 36.4 Å². The number of pyridine rings is 2. The van der Waals surface area contributed by atoms with Gasteiger partial charge in [-0.05, 0) is 29.8 Å². The summed E-state index contributed by atoms with van der Waals surface area (Å²) < 4.78 is 0. The van der Waals surface area contributed by atoms with E-state index in [-0.39, 0.29) is 11.8 Å². The molecule has 0 radical (unpaired) electrons. The van der Waals surface area contributed by atoms with E-state index >= 15 is 0 Å². The number of carbonyl (C=O) groups is 1. The maximum Gasteiger partial charge on any atom is 0.212 e. The number of hydrogen-bond donors (Lipinski definition) is 2. The summed E-state index contributed by atoms with van der Waals surface area (Å²) in [6.07, 6.45) is 7.10. The smallest absolute Gasteiger partial charge is 0.212 e. The van der Waals surface area contributed by atoms with Gasteiger partial charge in [-0.3, -0.25) is 9.78 Å². The van der Waals surface area contributed by atoms with E-state index in [0.29, 0.717) is 11.3 Å². The van der Waals surface area contributed by atoms with E-state index in [9.17, 15) is 4.79 Å². The minimum absolute atomic E-state index is 0.124. The van der Waals surface area contributed by atoms with Gasteiger partial charge in [-0.2, -0.15) is 0 Å². The highest BCUT2D eigenvalue weighted by atomic mass is 16.1. The molecule has 1 saturated heterocycles. The number of ketones is 1. The summed E-state index contributed by atoms with van der Waals surface area (Å²) in [7, 11) is 0. The molecular formula is C25H23N5O. The summed E-state index contributed by atoms with van der Waals surface area (Å²) in [5.74, 6) is 0.699. The van der Waals surface area contributed by atoms with Crippen LogP contribution in [0, 0.1) is 0 Å². The fourth-order valence-corrected chi connectivity index (χ4v) is 3.97. The first kappa shape index (κ1) is 19.2. The van der Waals surface area contributed by atoms with Crippen LogP contribution < -0.4 is 10.2 Å². The molecule has 1 aliphatic rings. The third-order valence-electron chi connectivity index (χ3n) is 5.60. The summed E-state index contributed by atoms with van der Waals surface area (Å²) in [5, 5.41) is 3.57. The second-order valence-corrected chi connectivity index (χ2v) is 7.64. The Kier molecular flexibility index (Phi) is 5.29. The molecule has 6 nitrogen and oxygen atoms in total. The Bertz CT molecular complexity index is 1170. The molecule has 1 atom stereocenters. The molecule has 0 saturated carbocycles. The van der Waals surface area contributed by atoms with Crippen LogP contribution in [0.25, 0.3) is 11.1 Å². The van der Waals surface area contributed by atoms with E-state index in [2.05, 4.69) is 44.5 Å². The Balaban J connectivity index is 1.38. The minimum atomic E-state index is -0.124. The average Bonchev–Trinajstić information content (AvgIpc) is 3.40. The maximum absolute atomic E-state index is 13.1. The molecule has 0 spiro atoms. The summed E-state index contributed by atoms with van der Waals surface area (Å²) in [5.41, 5.74) is 4.12. The molecule has 6 heteroatoms. The lowest BCUT2D eigenvalue weighted by molar-refractivity contribution is 0.103. The van der Waals surface area contributed by atoms with Crippen LogP contribution in [-0.2, 0) is 0 Å². The van der Waals surface area contributed by atoms with Gasteiger partial charge in [-0.25, -0.2) is 4.98 Å². The fourth-order valence-electron chi connectivity index (χ4n) is 3.97. The molecule has 0 aliphatic carbocycles. The van der Waals surface area contributed by atoms with Crippen molar-refractivity contribution in [3.05, 3.63) is 102 Å². The number of nitrogens with one attached hydrogen (secondary N) is 2. The second kappa shape index (κ2) is 8.53. The van der Waals surface area contributed by atoms with Gasteiger partial charge in [0.1, 0.15) is 11.5 Å². The lowest BCUT2D eigenvalue weighted by Gasteiger charge is -2.35. The lowest BCUT2D eigenvalue weighted by atomic mass is 10.0. The molecule has 0 amide bonds. The standard InChI is InChI=1S/C25H23N5O/c31-25(21-13-20(15-27-16-21)19-9-10-26-14-19)22-7-4-8-24(29-22)30-12-11-28-23(17-30)18-5-2-1-3-6-18/h1-10,13-16,23,26,28H,11-12,17H2. The molecule has 1 aromatic carbocycles. The number of H-pyrrole nitrogens is 1. The van der Waals surface area contributed by atoms with E-state index in [1.807, 2.05) is 42.7 Å². The number of nitrogens with zero attached hydrogens (tertiary/aromatic N) is 3. The topological polar surface area (TPSA) is 73.9 Å². The van der Waals surface area contributed by atoms with Crippen LogP contribution in [0.2, 0.25) is 0 Å². The van der Waals surface area contributed by atoms with Gasteiger partial charge in [0, 0.05) is 67.2 Å². The van der Waals surface area contributed by atoms with Crippen molar-refractivity contribution in [2.45, 2.75) is 6.04 Å². The van der Waals surface area contributed by atoms with Gasteiger partial charge < -0.3 is 15.2 Å². The van der Waals surface area contributed by atoms with Crippen molar-refractivity contribution < 1.29 is 4.79 Å². The SMILES string of the molecule is O=C(c1cncc(-c2cc[nH]c2)c1)c1cccc(N2CCNC(c3ccccc3)C2)n1. The third kappa shape index (κ3) is 4.11. The zero-order valence-corrected chi connectivity index (χ0v) is 17.0. The van der Waals surface area contributed by atoms with Crippen LogP contribution >= 0.6 is 0 Å². The number of benzene rings is 1. The van der Waals surface area contributed by atoms with Crippen molar-refractivity contribution in [2.75, 3.05) is 24.5 Å². The Hall–Kier alpha value is -3.77. The number of rotatable bonds is 5. The van der Waals surface area contributed by atoms with Crippen molar-refractivity contribution in [3.8, 4) is 11.1 Å². The molecule has 31 heavy (non-hydrogen) atoms. The quantitative estimate of drug-likeness (QED) is 0.490. The highest BCUT2D eigenvalue weighted by Crippen LogP contribution is 2.23. The zero-order valence-electron chi connectivity index (χ0n) is 17.0. The highest BCUT2D eigenvalue weighted by Gasteiger charge is 2.22. The highest BCUT2D eigenvalue weighted by molar-refractivity contribution is 6.08. The molecule has 1 unspecified atom stereocenters. The number of aromatic nitrogens is 3. The molecule has 2 N–H and O–H groups in total. The molecule has 1 fully saturated rings. The predicted molar refractivity (Wildman–Crippen MR) is 121 cm³/mol. The summed E-state index contributed by atoms with van der Waals surface area (Å²) in [4.78, 5) is 27.4. The molecule has 1 aliphatic heterocycles. The van der Waals surface area contributed by atoms with Gasteiger partial charge in [0.2, 0.25) is 5.78 Å². The largest absolute Gasteiger partial charge is 0.367 e. The minimum Gasteiger partial charge on any atom is -0.367 e. The van der Waals surface area contributed by atoms with Crippen molar-refractivity contribution in [2.24, 2.45) is 0 Å². The number of aromatic amines is 1. The Morgan fingerprint density at radius 2 is 1.90 bits per heavy atom. The van der Waals surface area contributed by atoms with E-state index in [1.54, 1.807) is 18.5 Å². The summed E-state index contributed by atoms with van der Waals surface area (Å²) >= 11 is 0. The van der Waals surface area contributed by atoms with E-state index in [1.165, 1.54) is 5.56 Å². The predicted octanol–water partition coefficient (Wildman–Crippen LogP) is 3.85. The monoisotopic (exact) mass is 409 g/mol. The van der Waals surface area contributed by atoms with E-state index in [0.717, 1.165) is 36.6 Å². The van der Waals surface area contributed by atoms with Gasteiger partial charge in [0.05, 0.1) is 0 Å². The van der Waals surface area contributed by atoms with Crippen LogP contribution in [-0.4, -0.2) is 40.4 Å². The fraction of sp³-hybridized carbons (Fsp3) is 0.160. The van der Waals surface area contributed by atoms with Crippen molar-refractivity contribution in [1.29, 1.82) is 0 Å². The van der Waals surface area contributed by atoms with Crippen molar-refractivity contribution in [3.63, 3.8) is 0 Å². The normalized spacial score (nSPS) is 16.3. The average molecular weight is 409 g/mol. The Morgan fingerprint density at radius 1 is 1.00 bits per heavy atom. The summed E-state index contributed by atoms with van der Waals surface area (Å²) in [6, 6.07) is 20.1. The van der Waals surface area contributed by atoms with Crippen molar-refractivity contribution >= 4 is 11.6 Å². The molecule has 4 heterocycles. The number of hydrogen-bond acceptors (Lipinski definition) is 5. The second-order valence-electron chi connectivity index (χ2n) is 7.64. The first-order valence-corrected chi connectivity index (χ1v) is 10.4. The van der Waals surface area contributed by atoms with Crippen LogP contribution in [0.4, 0.5) is 5.82 Å². The summed E-state index contributed by atoms with van der Waals surface area (Å²) in [6.45, 7) is 2.51. The van der Waals surface area contributed by atoms with Crippen LogP contribution in [0.3, 0.4) is 0 Å². The first-order valence-electron chi connectivity index (χ1n) is 10.4. The lowest BCUT2D eigenvalue weighted by Crippen LogP contribution is -2.46. The first-order chi connectivity index (χ1) is 15.3. The van der Waals surface area contributed by atoms with Crippen LogP contribution in [0.5, 0.6) is 0 Å². The van der Waals surface area contributed by atoms with E-state index < -0.39 is 0 Å². The van der Waals surface area contributed by atoms with Gasteiger partial charge >= 0.3 is 0 Å². The van der Waals surface area contributed by atoms with Crippen LogP contribution in [0.1, 0.15) is 27.7 Å². The number of piperazine rings is 1. The Morgan fingerprint density at radius 3 is 2.74 bits per heavy atom. The molecule has 154 valence electrons.